The van der Waals surface area contributed by atoms with Gasteiger partial charge < -0.3 is 23.5 Å². The molecule has 0 saturated heterocycles. The molecule has 2 aromatic heterocycles. The van der Waals surface area contributed by atoms with Crippen LogP contribution in [0, 0.1) is 19.3 Å². The Bertz CT molecular complexity index is 2060. The number of terminal acetylenes is 1. The molecule has 232 valence electrons. The summed E-state index contributed by atoms with van der Waals surface area (Å²) in [7, 11) is 1.27. The lowest BCUT2D eigenvalue weighted by molar-refractivity contribution is -0.143. The van der Waals surface area contributed by atoms with Crippen LogP contribution in [-0.4, -0.2) is 48.0 Å². The third-order valence-corrected chi connectivity index (χ3v) is 8.46. The summed E-state index contributed by atoms with van der Waals surface area (Å²) in [5.74, 6) is 2.25. The Hall–Kier alpha value is -5.08. The second-order valence-electron chi connectivity index (χ2n) is 10.1. The van der Waals surface area contributed by atoms with Crippen LogP contribution in [0.3, 0.4) is 0 Å². The van der Waals surface area contributed by atoms with Crippen molar-refractivity contribution in [3.63, 3.8) is 0 Å². The molecule has 4 aromatic rings. The molecule has 2 aromatic carbocycles. The first-order valence-corrected chi connectivity index (χ1v) is 15.2. The number of hydrogen-bond donors (Lipinski definition) is 0. The molecule has 0 fully saturated rings. The number of para-hydroxylation sites is 1. The molecule has 0 amide bonds. The van der Waals surface area contributed by atoms with E-state index in [9.17, 15) is 14.4 Å². The second-order valence-corrected chi connectivity index (χ2v) is 11.1. The molecule has 5 rings (SSSR count). The fraction of sp³-hybridized carbons (Fsp3) is 0.294. The van der Waals surface area contributed by atoms with Crippen LogP contribution < -0.4 is 24.4 Å². The van der Waals surface area contributed by atoms with Crippen molar-refractivity contribution in [2.75, 3.05) is 26.9 Å². The quantitative estimate of drug-likeness (QED) is 0.195. The second kappa shape index (κ2) is 13.3. The summed E-state index contributed by atoms with van der Waals surface area (Å²) in [4.78, 5) is 44.5. The van der Waals surface area contributed by atoms with E-state index in [0.29, 0.717) is 45.2 Å². The first-order valence-electron chi connectivity index (χ1n) is 14.4. The number of carbonyl (C=O) groups is 2. The summed E-state index contributed by atoms with van der Waals surface area (Å²) in [6.45, 7) is 7.79. The molecule has 10 nitrogen and oxygen atoms in total. The highest BCUT2D eigenvalue weighted by molar-refractivity contribution is 7.07. The number of hydrogen-bond acceptors (Lipinski definition) is 9. The summed E-state index contributed by atoms with van der Waals surface area (Å²) >= 11 is 1.24. The number of allylic oxidation sites excluding steroid dienone is 1. The molecule has 1 atom stereocenters. The lowest BCUT2D eigenvalue weighted by Crippen LogP contribution is -2.40. The molecular formula is C34H33N3O7S. The number of rotatable bonds is 10. The van der Waals surface area contributed by atoms with Crippen molar-refractivity contribution in [3.8, 4) is 23.8 Å². The Labute approximate surface area is 263 Å². The molecule has 0 spiro atoms. The molecule has 0 saturated carbocycles. The lowest BCUT2D eigenvalue weighted by atomic mass is 9.95. The van der Waals surface area contributed by atoms with E-state index >= 15 is 0 Å². The van der Waals surface area contributed by atoms with E-state index in [1.807, 2.05) is 48.8 Å². The fourth-order valence-corrected chi connectivity index (χ4v) is 6.48. The molecule has 1 aliphatic heterocycles. The topological polar surface area (TPSA) is 110 Å². The normalized spacial score (nSPS) is 14.5. The van der Waals surface area contributed by atoms with Crippen molar-refractivity contribution in [3.05, 3.63) is 90.2 Å². The van der Waals surface area contributed by atoms with E-state index < -0.39 is 18.0 Å². The maximum Gasteiger partial charge on any atom is 0.343 e. The van der Waals surface area contributed by atoms with E-state index in [-0.39, 0.29) is 24.3 Å². The van der Waals surface area contributed by atoms with Crippen LogP contribution >= 0.6 is 11.3 Å². The van der Waals surface area contributed by atoms with Crippen LogP contribution in [0.15, 0.2) is 63.5 Å². The number of nitrogens with zero attached hydrogens (tertiary/aromatic N) is 3. The Kier molecular flexibility index (Phi) is 9.25. The predicted octanol–water partition coefficient (Wildman–Crippen LogP) is 3.65. The minimum absolute atomic E-state index is 0.151. The zero-order chi connectivity index (χ0) is 32.2. The molecule has 3 heterocycles. The Morgan fingerprint density at radius 2 is 1.87 bits per heavy atom. The molecule has 1 aliphatic rings. The Balaban J connectivity index is 1.72. The Morgan fingerprint density at radius 1 is 1.09 bits per heavy atom. The van der Waals surface area contributed by atoms with Crippen molar-refractivity contribution in [2.45, 2.75) is 40.3 Å². The molecular weight excluding hydrogens is 594 g/mol. The fourth-order valence-electron chi connectivity index (χ4n) is 5.45. The molecule has 11 heteroatoms. The van der Waals surface area contributed by atoms with E-state index in [1.54, 1.807) is 32.0 Å². The van der Waals surface area contributed by atoms with Gasteiger partial charge in [-0.15, -0.1) is 6.42 Å². The Morgan fingerprint density at radius 3 is 2.58 bits per heavy atom. The minimum Gasteiger partial charge on any atom is -0.490 e. The predicted molar refractivity (Wildman–Crippen MR) is 171 cm³/mol. The summed E-state index contributed by atoms with van der Waals surface area (Å²) in [6.07, 6.45) is 7.53. The third-order valence-electron chi connectivity index (χ3n) is 7.48. The molecule has 0 bridgehead atoms. The number of carbonyl (C=O) groups excluding carboxylic acids is 2. The van der Waals surface area contributed by atoms with E-state index in [1.165, 1.54) is 23.0 Å². The first-order chi connectivity index (χ1) is 21.7. The van der Waals surface area contributed by atoms with Gasteiger partial charge in [0, 0.05) is 22.2 Å². The highest BCUT2D eigenvalue weighted by Crippen LogP contribution is 2.36. The van der Waals surface area contributed by atoms with Crippen molar-refractivity contribution in [1.29, 1.82) is 0 Å². The maximum absolute atomic E-state index is 14.3. The standard InChI is InChI=1S/C34H33N3O7S/c1-7-16-36-21(5)24(23-12-10-11-13-25(23)36)18-28-32(39)37-31(30(33(40)43-9-3)20(4)35-34(37)45-28)22-14-15-26(27(17-22)42-8-2)44-19-29(38)41-6/h1,10-15,17-18,31H,8-9,16,19H2,2-6H3/b28-18+/t31-/m1/s1. The van der Waals surface area contributed by atoms with E-state index in [0.717, 1.165) is 22.2 Å². The average Bonchev–Trinajstić information content (AvgIpc) is 3.48. The summed E-state index contributed by atoms with van der Waals surface area (Å²) in [5, 5.41) is 0.972. The number of methoxy groups -OCH3 is 1. The molecule has 0 N–H and O–H groups in total. The van der Waals surface area contributed by atoms with Gasteiger partial charge >= 0.3 is 11.9 Å². The zero-order valence-electron chi connectivity index (χ0n) is 25.7. The first kappa shape index (κ1) is 31.3. The highest BCUT2D eigenvalue weighted by atomic mass is 32.1. The van der Waals surface area contributed by atoms with Crippen LogP contribution in [0.5, 0.6) is 11.5 Å². The van der Waals surface area contributed by atoms with Crippen molar-refractivity contribution < 1.29 is 28.5 Å². The molecule has 0 radical (unpaired) electrons. The van der Waals surface area contributed by atoms with Gasteiger partial charge in [0.2, 0.25) is 0 Å². The van der Waals surface area contributed by atoms with Crippen LogP contribution in [0.1, 0.15) is 43.6 Å². The highest BCUT2D eigenvalue weighted by Gasteiger charge is 2.34. The maximum atomic E-state index is 14.3. The van der Waals surface area contributed by atoms with Crippen molar-refractivity contribution in [2.24, 2.45) is 4.99 Å². The van der Waals surface area contributed by atoms with Gasteiger partial charge in [-0.25, -0.2) is 14.6 Å². The summed E-state index contributed by atoms with van der Waals surface area (Å²) in [5.41, 5.74) is 3.74. The van der Waals surface area contributed by atoms with Crippen LogP contribution in [0.2, 0.25) is 0 Å². The SMILES string of the molecule is C#CCn1c(C)c(/C=c2/sc3n(c2=O)[C@H](c2ccc(OCC(=O)OC)c(OCC)c2)C(C(=O)OCC)=C(C)N=3)c2ccccc21. The average molecular weight is 628 g/mol. The number of fused-ring (bicyclic) bond motifs is 2. The van der Waals surface area contributed by atoms with Crippen molar-refractivity contribution in [1.82, 2.24) is 9.13 Å². The van der Waals surface area contributed by atoms with Gasteiger partial charge in [0.1, 0.15) is 0 Å². The molecule has 0 aliphatic carbocycles. The number of esters is 2. The number of ether oxygens (including phenoxy) is 4. The van der Waals surface area contributed by atoms with Gasteiger partial charge in [-0.1, -0.05) is 41.5 Å². The van der Waals surface area contributed by atoms with Gasteiger partial charge in [0.15, 0.2) is 22.9 Å². The lowest BCUT2D eigenvalue weighted by Gasteiger charge is -2.25. The monoisotopic (exact) mass is 627 g/mol. The number of aromatic nitrogens is 2. The number of benzene rings is 2. The zero-order valence-corrected chi connectivity index (χ0v) is 26.5. The van der Waals surface area contributed by atoms with E-state index in [4.69, 9.17) is 20.6 Å². The molecule has 0 unspecified atom stereocenters. The van der Waals surface area contributed by atoms with Gasteiger partial charge in [0.05, 0.1) is 48.7 Å². The summed E-state index contributed by atoms with van der Waals surface area (Å²) < 4.78 is 25.6. The van der Waals surface area contributed by atoms with Gasteiger partial charge in [-0.05, 0) is 57.5 Å². The summed E-state index contributed by atoms with van der Waals surface area (Å²) in [6, 6.07) is 12.1. The van der Waals surface area contributed by atoms with Crippen molar-refractivity contribution >= 4 is 40.3 Å². The van der Waals surface area contributed by atoms with Gasteiger partial charge in [0.25, 0.3) is 5.56 Å². The number of thiazole rings is 1. The third kappa shape index (κ3) is 5.89. The largest absolute Gasteiger partial charge is 0.490 e. The smallest absolute Gasteiger partial charge is 0.343 e. The van der Waals surface area contributed by atoms with Gasteiger partial charge in [-0.2, -0.15) is 0 Å². The minimum atomic E-state index is -0.861. The van der Waals surface area contributed by atoms with Crippen LogP contribution in [0.25, 0.3) is 17.0 Å². The van der Waals surface area contributed by atoms with E-state index in [2.05, 4.69) is 15.6 Å². The molecule has 45 heavy (non-hydrogen) atoms. The van der Waals surface area contributed by atoms with Crippen LogP contribution in [-0.2, 0) is 25.6 Å². The van der Waals surface area contributed by atoms with Gasteiger partial charge in [-0.3, -0.25) is 9.36 Å². The van der Waals surface area contributed by atoms with Crippen LogP contribution in [0.4, 0.5) is 0 Å².